The molecule has 4 amide bonds. The van der Waals surface area contributed by atoms with E-state index in [1.54, 1.807) is 0 Å². The lowest BCUT2D eigenvalue weighted by Crippen LogP contribution is -2.85. The van der Waals surface area contributed by atoms with Crippen LogP contribution in [0.15, 0.2) is 16.3 Å². The van der Waals surface area contributed by atoms with Crippen molar-refractivity contribution in [1.82, 2.24) is 20.9 Å². The van der Waals surface area contributed by atoms with E-state index in [1.807, 2.05) is 0 Å². The molecule has 1 fully saturated rings. The van der Waals surface area contributed by atoms with Crippen molar-refractivity contribution in [3.63, 3.8) is 0 Å². The Labute approximate surface area is 323 Å². The summed E-state index contributed by atoms with van der Waals surface area (Å²) in [6.45, 7) is -1.51. The van der Waals surface area contributed by atoms with E-state index < -0.39 is 114 Å². The minimum absolute atomic E-state index is 0. The van der Waals surface area contributed by atoms with E-state index in [1.165, 1.54) is 0 Å². The number of aliphatic hydroxyl groups excluding tert-OH is 3. The second-order valence-corrected chi connectivity index (χ2v) is 13.3. The predicted octanol–water partition coefficient (Wildman–Crippen LogP) is -6.79. The van der Waals surface area contributed by atoms with Crippen LogP contribution in [-0.4, -0.2) is 157 Å². The number of primary amides is 1. The number of halogens is 1. The molecule has 0 aromatic heterocycles. The number of nitrogens with zero attached hydrogens (tertiary/aromatic N) is 2. The number of fused-ring (bicyclic) bond motifs is 1. The molecule has 0 saturated carbocycles. The molecule has 8 atom stereocenters. The average Bonchev–Trinajstić information content (AvgIpc) is 3.11. The van der Waals surface area contributed by atoms with E-state index in [0.717, 1.165) is 16.7 Å². The van der Waals surface area contributed by atoms with E-state index in [0.29, 0.717) is 0 Å². The summed E-state index contributed by atoms with van der Waals surface area (Å²) in [5.41, 5.74) is 24.2. The van der Waals surface area contributed by atoms with Gasteiger partial charge in [0.15, 0.2) is 11.7 Å². The van der Waals surface area contributed by atoms with Crippen LogP contribution in [0.2, 0.25) is 0 Å². The number of aliphatic hydroxyl groups is 3. The SMILES string of the molecule is Cl.NC(=O)[C@H](N[C@@H](CCCN=C(N)N)C(O)CC(=O)OCC1=C(C(=O)O)N2C(=O)[C@](NC=O)(NC(=O)CCCC(N)C(=O)O)[C@H]2SC1)[C@@H](O)C(=O)[C@@H](N)CO. The van der Waals surface area contributed by atoms with Gasteiger partial charge in [0, 0.05) is 30.3 Å². The first-order chi connectivity index (χ1) is 25.3. The highest BCUT2D eigenvalue weighted by Gasteiger charge is 2.66. The Balaban J connectivity index is 0.0000151. The van der Waals surface area contributed by atoms with Gasteiger partial charge >= 0.3 is 17.9 Å². The molecule has 0 radical (unpaired) electrons. The zero-order chi connectivity index (χ0) is 40.9. The van der Waals surface area contributed by atoms with Crippen LogP contribution in [0, 0.1) is 0 Å². The highest BCUT2D eigenvalue weighted by Crippen LogP contribution is 2.45. The summed E-state index contributed by atoms with van der Waals surface area (Å²) in [7, 11) is 0. The molecule has 2 heterocycles. The van der Waals surface area contributed by atoms with E-state index >= 15 is 0 Å². The molecule has 0 aromatic rings. The normalized spacial score (nSPS) is 20.8. The first-order valence-electron chi connectivity index (χ1n) is 16.3. The number of carboxylic acid groups (broad SMARTS) is 2. The lowest BCUT2D eigenvalue weighted by atomic mass is 9.94. The number of thioether (sulfide) groups is 1. The number of hydrogen-bond acceptors (Lipinski definition) is 17. The Morgan fingerprint density at radius 1 is 1.05 bits per heavy atom. The molecule has 0 spiro atoms. The largest absolute Gasteiger partial charge is 0.480 e. The number of nitrogens with one attached hydrogen (secondary N) is 3. The number of esters is 1. The minimum atomic E-state index is -2.15. The molecule has 26 heteroatoms. The number of β-lactam (4-membered cyclic amide) rings is 1. The number of carboxylic acids is 2. The van der Waals surface area contributed by atoms with Gasteiger partial charge in [0.25, 0.3) is 5.91 Å². The molecule has 310 valence electrons. The van der Waals surface area contributed by atoms with E-state index in [2.05, 4.69) is 20.9 Å². The third-order valence-electron chi connectivity index (χ3n) is 8.30. The van der Waals surface area contributed by atoms with Crippen LogP contribution in [0.25, 0.3) is 0 Å². The van der Waals surface area contributed by atoms with Crippen LogP contribution < -0.4 is 44.6 Å². The monoisotopic (exact) mass is 826 g/mol. The van der Waals surface area contributed by atoms with Crippen LogP contribution in [0.1, 0.15) is 38.5 Å². The summed E-state index contributed by atoms with van der Waals surface area (Å²) in [4.78, 5) is 103. The average molecular weight is 827 g/mol. The number of guanidine groups is 1. The number of ether oxygens (including phenoxy) is 1. The maximum Gasteiger partial charge on any atom is 0.352 e. The van der Waals surface area contributed by atoms with Crippen LogP contribution in [0.3, 0.4) is 0 Å². The summed E-state index contributed by atoms with van der Waals surface area (Å²) < 4.78 is 5.22. The number of rotatable bonds is 25. The Morgan fingerprint density at radius 2 is 1.71 bits per heavy atom. The molecule has 2 rings (SSSR count). The molecule has 24 nitrogen and oxygen atoms in total. The van der Waals surface area contributed by atoms with Gasteiger partial charge in [0.1, 0.15) is 35.9 Å². The van der Waals surface area contributed by atoms with Crippen molar-refractivity contribution < 1.29 is 68.6 Å². The number of aliphatic imine (C=N–C) groups is 1. The fraction of sp³-hybridized carbons (Fsp3) is 0.621. The second-order valence-electron chi connectivity index (χ2n) is 12.2. The second kappa shape index (κ2) is 22.1. The van der Waals surface area contributed by atoms with Crippen LogP contribution >= 0.6 is 24.2 Å². The van der Waals surface area contributed by atoms with Crippen LogP contribution in [0.5, 0.6) is 0 Å². The number of nitrogens with two attached hydrogens (primary N) is 5. The predicted molar refractivity (Wildman–Crippen MR) is 192 cm³/mol. The number of ketones is 1. The zero-order valence-electron chi connectivity index (χ0n) is 29.2. The fourth-order valence-corrected chi connectivity index (χ4v) is 6.88. The van der Waals surface area contributed by atoms with Gasteiger partial charge in [-0.05, 0) is 25.7 Å². The minimum Gasteiger partial charge on any atom is -0.480 e. The zero-order valence-corrected chi connectivity index (χ0v) is 30.8. The molecular formula is C29H47ClN10O14S. The van der Waals surface area contributed by atoms with Gasteiger partial charge < -0.3 is 69.6 Å². The summed E-state index contributed by atoms with van der Waals surface area (Å²) in [6, 6.07) is -5.86. The molecule has 2 aliphatic rings. The highest BCUT2D eigenvalue weighted by atomic mass is 35.5. The Bertz CT molecular complexity index is 1520. The molecule has 55 heavy (non-hydrogen) atoms. The molecular weight excluding hydrogens is 780 g/mol. The van der Waals surface area contributed by atoms with Gasteiger partial charge in [0.2, 0.25) is 23.9 Å². The molecule has 1 saturated heterocycles. The summed E-state index contributed by atoms with van der Waals surface area (Å²) >= 11 is 0.921. The first kappa shape index (κ1) is 48.4. The molecule has 2 unspecified atom stereocenters. The maximum atomic E-state index is 13.4. The standard InChI is InChI=1S/C29H46N10O14S.ClH/c30-13(24(48)49)3-1-5-17(43)38-29(36-11-41)26(52)39-20(25(50)51)12(10-54-27(29)39)9-53-18(44)7-16(42)15(4-2-6-35-28(33)34)37-19(23(32)47)22(46)21(45)14(31)8-40;/h11,13-16,19,22,27,37,40,42,46H,1-10,30-31H2,(H2,32,47)(H,36,41)(H,38,43)(H,48,49)(H,50,51)(H4,33,34,35);1H/t13?,14-,15-,16?,19+,22+,27+,29-;/m0./s1. The van der Waals surface area contributed by atoms with Crippen molar-refractivity contribution in [3.05, 3.63) is 11.3 Å². The number of carbonyl (C=O) groups is 8. The van der Waals surface area contributed by atoms with Crippen molar-refractivity contribution in [1.29, 1.82) is 0 Å². The Morgan fingerprint density at radius 3 is 2.25 bits per heavy atom. The maximum absolute atomic E-state index is 13.4. The number of Topliss-reactive ketones (excluding diaryl/α,β-unsaturated/α-hetero) is 1. The van der Waals surface area contributed by atoms with Crippen molar-refractivity contribution in [2.75, 3.05) is 25.5 Å². The third kappa shape index (κ3) is 12.7. The van der Waals surface area contributed by atoms with Gasteiger partial charge in [-0.2, -0.15) is 0 Å². The van der Waals surface area contributed by atoms with Crippen LogP contribution in [-0.2, 0) is 43.1 Å². The van der Waals surface area contributed by atoms with Crippen molar-refractivity contribution in [3.8, 4) is 0 Å². The smallest absolute Gasteiger partial charge is 0.352 e. The van der Waals surface area contributed by atoms with E-state index in [4.69, 9.17) is 38.5 Å². The third-order valence-corrected chi connectivity index (χ3v) is 9.69. The van der Waals surface area contributed by atoms with Gasteiger partial charge in [0.05, 0.1) is 25.2 Å². The summed E-state index contributed by atoms with van der Waals surface area (Å²) in [5.74, 6) is -8.54. The molecule has 18 N–H and O–H groups in total. The number of hydrogen-bond donors (Lipinski definition) is 13. The first-order valence-corrected chi connectivity index (χ1v) is 17.3. The quantitative estimate of drug-likeness (QED) is 0.00773. The Kier molecular flexibility index (Phi) is 19.4. The van der Waals surface area contributed by atoms with Gasteiger partial charge in [-0.3, -0.25) is 48.8 Å². The van der Waals surface area contributed by atoms with Crippen molar-refractivity contribution >= 4 is 78.0 Å². The molecule has 0 bridgehead atoms. The van der Waals surface area contributed by atoms with Gasteiger partial charge in [-0.25, -0.2) is 4.79 Å². The molecule has 2 aliphatic heterocycles. The fourth-order valence-electron chi connectivity index (χ4n) is 5.47. The van der Waals surface area contributed by atoms with Gasteiger partial charge in [-0.1, -0.05) is 0 Å². The summed E-state index contributed by atoms with van der Waals surface area (Å²) in [6.07, 6.45) is -4.70. The van der Waals surface area contributed by atoms with Crippen LogP contribution in [0.4, 0.5) is 0 Å². The van der Waals surface area contributed by atoms with Crippen molar-refractivity contribution in [2.24, 2.45) is 33.7 Å². The molecule has 0 aliphatic carbocycles. The lowest BCUT2D eigenvalue weighted by Gasteiger charge is -2.56. The van der Waals surface area contributed by atoms with Gasteiger partial charge in [-0.15, -0.1) is 24.2 Å². The Hall–Kier alpha value is -4.63. The van der Waals surface area contributed by atoms with Crippen molar-refractivity contribution in [2.45, 2.75) is 85.9 Å². The number of carbonyl (C=O) groups excluding carboxylic acids is 6. The lowest BCUT2D eigenvalue weighted by molar-refractivity contribution is -0.162. The number of aliphatic carboxylic acids is 2. The topological polar surface area (TPSA) is 429 Å². The highest BCUT2D eigenvalue weighted by molar-refractivity contribution is 8.00. The van der Waals surface area contributed by atoms with E-state index in [-0.39, 0.29) is 74.8 Å². The molecule has 0 aromatic carbocycles. The summed E-state index contributed by atoms with van der Waals surface area (Å²) in [5, 5.41) is 55.6. The van der Waals surface area contributed by atoms with E-state index in [9.17, 15) is 58.8 Å². The number of amides is 4.